The lowest BCUT2D eigenvalue weighted by Gasteiger charge is -2.23. The molecule has 4 rings (SSSR count). The van der Waals surface area contributed by atoms with Crippen molar-refractivity contribution in [3.63, 3.8) is 0 Å². The van der Waals surface area contributed by atoms with Gasteiger partial charge in [-0.15, -0.1) is 0 Å². The van der Waals surface area contributed by atoms with E-state index in [4.69, 9.17) is 28.4 Å². The predicted molar refractivity (Wildman–Crippen MR) is 163 cm³/mol. The van der Waals surface area contributed by atoms with Gasteiger partial charge in [0.2, 0.25) is 5.95 Å². The van der Waals surface area contributed by atoms with E-state index < -0.39 is 11.7 Å². The van der Waals surface area contributed by atoms with Crippen molar-refractivity contribution in [2.24, 2.45) is 0 Å². The lowest BCUT2D eigenvalue weighted by atomic mass is 10.1. The van der Waals surface area contributed by atoms with Gasteiger partial charge < -0.3 is 39.1 Å². The molecule has 1 saturated heterocycles. The first kappa shape index (κ1) is 32.3. The molecule has 1 amide bonds. The van der Waals surface area contributed by atoms with Gasteiger partial charge >= 0.3 is 6.09 Å². The average molecular weight is 606 g/mol. The lowest BCUT2D eigenvalue weighted by molar-refractivity contribution is 0.0254. The summed E-state index contributed by atoms with van der Waals surface area (Å²) in [7, 11) is 1.56. The molecule has 2 heterocycles. The number of hydrogen-bond acceptors (Lipinski definition) is 11. The normalized spacial score (nSPS) is 13.4. The van der Waals surface area contributed by atoms with Crippen LogP contribution in [0.5, 0.6) is 17.2 Å². The maximum atomic E-state index is 11.7. The fourth-order valence-corrected chi connectivity index (χ4v) is 4.28. The molecule has 44 heavy (non-hydrogen) atoms. The molecule has 0 aliphatic carbocycles. The molecule has 0 saturated carbocycles. The van der Waals surface area contributed by atoms with Gasteiger partial charge in [-0.05, 0) is 57.2 Å². The molecule has 0 atom stereocenters. The summed E-state index contributed by atoms with van der Waals surface area (Å²) >= 11 is 0. The number of aromatic nitrogens is 2. The second kappa shape index (κ2) is 15.7. The molecule has 0 unspecified atom stereocenters. The number of carbonyl (C=O) groups excluding carboxylic acids is 1. The van der Waals surface area contributed by atoms with E-state index in [1.165, 1.54) is 0 Å². The van der Waals surface area contributed by atoms with Crippen LogP contribution in [0.3, 0.4) is 0 Å². The third kappa shape index (κ3) is 10.00. The number of rotatable bonds is 13. The predicted octanol–water partition coefficient (Wildman–Crippen LogP) is 5.25. The molecule has 0 bridgehead atoms. The van der Waals surface area contributed by atoms with Gasteiger partial charge in [-0.2, -0.15) is 5.26 Å². The summed E-state index contributed by atoms with van der Waals surface area (Å²) < 4.78 is 33.5. The Bertz CT molecular complexity index is 1430. The molecule has 0 spiro atoms. The summed E-state index contributed by atoms with van der Waals surface area (Å²) in [5, 5.41) is 15.6. The van der Waals surface area contributed by atoms with Crippen LogP contribution in [0.15, 0.2) is 48.7 Å². The molecule has 3 aromatic rings. The van der Waals surface area contributed by atoms with Crippen LogP contribution < -0.4 is 24.8 Å². The number of benzene rings is 2. The van der Waals surface area contributed by atoms with E-state index in [9.17, 15) is 10.1 Å². The number of nitriles is 1. The van der Waals surface area contributed by atoms with Crippen molar-refractivity contribution in [1.29, 1.82) is 5.26 Å². The average Bonchev–Trinajstić information content (AvgIpc) is 3.01. The SMILES string of the molecule is COc1cc(Nc2nccc(-c3ccc(OC4CCOCC4)c(C#N)c3)n2)ccc1OCCOCCNC(=O)OC(C)(C)C. The third-order valence-electron chi connectivity index (χ3n) is 6.33. The van der Waals surface area contributed by atoms with E-state index >= 15 is 0 Å². The van der Waals surface area contributed by atoms with Gasteiger partial charge in [-0.1, -0.05) is 0 Å². The Morgan fingerprint density at radius 1 is 1.05 bits per heavy atom. The lowest BCUT2D eigenvalue weighted by Crippen LogP contribution is -2.34. The zero-order chi connectivity index (χ0) is 31.4. The monoisotopic (exact) mass is 605 g/mol. The van der Waals surface area contributed by atoms with Crippen molar-refractivity contribution in [1.82, 2.24) is 15.3 Å². The molecule has 1 aliphatic rings. The van der Waals surface area contributed by atoms with Crippen LogP contribution in [-0.2, 0) is 14.2 Å². The van der Waals surface area contributed by atoms with Crippen LogP contribution in [0.25, 0.3) is 11.3 Å². The summed E-state index contributed by atoms with van der Waals surface area (Å²) in [5.74, 6) is 2.02. The highest BCUT2D eigenvalue weighted by molar-refractivity contribution is 5.68. The minimum absolute atomic E-state index is 0.0402. The molecular weight excluding hydrogens is 566 g/mol. The number of carbonyl (C=O) groups is 1. The molecular formula is C32H39N5O7. The molecule has 1 fully saturated rings. The van der Waals surface area contributed by atoms with Crippen molar-refractivity contribution in [2.75, 3.05) is 52.0 Å². The second-order valence-corrected chi connectivity index (χ2v) is 10.9. The molecule has 12 heteroatoms. The number of anilines is 2. The van der Waals surface area contributed by atoms with Gasteiger partial charge in [0.05, 0.1) is 44.8 Å². The van der Waals surface area contributed by atoms with Gasteiger partial charge in [-0.25, -0.2) is 14.8 Å². The van der Waals surface area contributed by atoms with Crippen molar-refractivity contribution in [3.8, 4) is 34.6 Å². The maximum absolute atomic E-state index is 11.7. The minimum Gasteiger partial charge on any atom is -0.493 e. The van der Waals surface area contributed by atoms with Gasteiger partial charge in [0.1, 0.15) is 30.1 Å². The Balaban J connectivity index is 1.29. The Morgan fingerprint density at radius 3 is 2.59 bits per heavy atom. The second-order valence-electron chi connectivity index (χ2n) is 10.9. The van der Waals surface area contributed by atoms with E-state index in [0.29, 0.717) is 79.7 Å². The van der Waals surface area contributed by atoms with Crippen LogP contribution in [0.2, 0.25) is 0 Å². The van der Waals surface area contributed by atoms with Crippen molar-refractivity contribution < 1.29 is 33.2 Å². The van der Waals surface area contributed by atoms with Crippen LogP contribution >= 0.6 is 0 Å². The Labute approximate surface area is 257 Å². The van der Waals surface area contributed by atoms with Crippen LogP contribution in [-0.4, -0.2) is 74.5 Å². The quantitative estimate of drug-likeness (QED) is 0.246. The molecule has 2 aromatic carbocycles. The van der Waals surface area contributed by atoms with E-state index in [1.807, 2.05) is 18.2 Å². The van der Waals surface area contributed by atoms with E-state index in [2.05, 4.69) is 26.7 Å². The standard InChI is InChI=1S/C32H39N5O7/c1-32(2,3)44-31(38)35-13-16-41-17-18-42-28-8-6-24(20-29(28)39-4)36-30-34-12-9-26(37-30)22-5-7-27(23(19-22)21-33)43-25-10-14-40-15-11-25/h5-9,12,19-20,25H,10-11,13-18H2,1-4H3,(H,35,38)(H,34,36,37). The number of alkyl carbamates (subject to hydrolysis) is 1. The van der Waals surface area contributed by atoms with E-state index in [0.717, 1.165) is 18.4 Å². The first-order valence-electron chi connectivity index (χ1n) is 14.5. The molecule has 1 aromatic heterocycles. The van der Waals surface area contributed by atoms with Gasteiger partial charge in [-0.3, -0.25) is 0 Å². The van der Waals surface area contributed by atoms with Gasteiger partial charge in [0, 0.05) is 42.9 Å². The number of amides is 1. The van der Waals surface area contributed by atoms with Crippen LogP contribution in [0, 0.1) is 11.3 Å². The number of hydrogen-bond donors (Lipinski definition) is 2. The fourth-order valence-electron chi connectivity index (χ4n) is 4.28. The summed E-state index contributed by atoms with van der Waals surface area (Å²) in [6.07, 6.45) is 2.82. The zero-order valence-corrected chi connectivity index (χ0v) is 25.6. The van der Waals surface area contributed by atoms with E-state index in [1.54, 1.807) is 58.3 Å². The molecule has 12 nitrogen and oxygen atoms in total. The summed E-state index contributed by atoms with van der Waals surface area (Å²) in [4.78, 5) is 20.6. The molecule has 234 valence electrons. The third-order valence-corrected chi connectivity index (χ3v) is 6.33. The molecule has 0 radical (unpaired) electrons. The Kier molecular flexibility index (Phi) is 11.6. The molecule has 2 N–H and O–H groups in total. The Morgan fingerprint density at radius 2 is 1.84 bits per heavy atom. The maximum Gasteiger partial charge on any atom is 0.407 e. The van der Waals surface area contributed by atoms with Crippen molar-refractivity contribution in [2.45, 2.75) is 45.3 Å². The summed E-state index contributed by atoms with van der Waals surface area (Å²) in [5.41, 5.74) is 2.04. The van der Waals surface area contributed by atoms with Gasteiger partial charge in [0.15, 0.2) is 11.5 Å². The number of nitrogens with zero attached hydrogens (tertiary/aromatic N) is 3. The van der Waals surface area contributed by atoms with Crippen molar-refractivity contribution in [3.05, 3.63) is 54.2 Å². The number of ether oxygens (including phenoxy) is 6. The topological polar surface area (TPSA) is 146 Å². The van der Waals surface area contributed by atoms with Crippen LogP contribution in [0.4, 0.5) is 16.4 Å². The summed E-state index contributed by atoms with van der Waals surface area (Å²) in [6, 6.07) is 14.9. The number of nitrogens with one attached hydrogen (secondary N) is 2. The minimum atomic E-state index is -0.545. The first-order valence-corrected chi connectivity index (χ1v) is 14.5. The van der Waals surface area contributed by atoms with Crippen LogP contribution in [0.1, 0.15) is 39.2 Å². The highest BCUT2D eigenvalue weighted by Gasteiger charge is 2.18. The molecule has 1 aliphatic heterocycles. The van der Waals surface area contributed by atoms with E-state index in [-0.39, 0.29) is 6.10 Å². The smallest absolute Gasteiger partial charge is 0.407 e. The van der Waals surface area contributed by atoms with Gasteiger partial charge in [0.25, 0.3) is 0 Å². The first-order chi connectivity index (χ1) is 21.2. The van der Waals surface area contributed by atoms with Crippen molar-refractivity contribution >= 4 is 17.7 Å². The zero-order valence-electron chi connectivity index (χ0n) is 25.6. The highest BCUT2D eigenvalue weighted by Crippen LogP contribution is 2.32. The Hall–Kier alpha value is -4.60. The summed E-state index contributed by atoms with van der Waals surface area (Å²) in [6.45, 7) is 8.03. The number of methoxy groups -OCH3 is 1. The fraction of sp³-hybridized carbons (Fsp3) is 0.438. The largest absolute Gasteiger partial charge is 0.493 e. The highest BCUT2D eigenvalue weighted by atomic mass is 16.6.